The molecule has 236 valence electrons. The van der Waals surface area contributed by atoms with Crippen molar-refractivity contribution in [2.45, 2.75) is 49.0 Å². The van der Waals surface area contributed by atoms with E-state index < -0.39 is 77.7 Å². The van der Waals surface area contributed by atoms with Gasteiger partial charge in [0.1, 0.15) is 48.1 Å². The second-order valence-corrected chi connectivity index (χ2v) is 13.3. The molecule has 4 aromatic heterocycles. The van der Waals surface area contributed by atoms with Crippen LogP contribution in [0.2, 0.25) is 0 Å². The van der Waals surface area contributed by atoms with Crippen molar-refractivity contribution < 1.29 is 47.7 Å². The largest absolute Gasteiger partial charge is 0.403 e. The Balaban J connectivity index is 1.17. The molecule has 7 heterocycles. The van der Waals surface area contributed by atoms with Crippen molar-refractivity contribution in [3.05, 3.63) is 25.3 Å². The number of hydrogen-bond donors (Lipinski definition) is 8. The predicted molar refractivity (Wildman–Crippen MR) is 145 cm³/mol. The molecule has 3 aliphatic heterocycles. The van der Waals surface area contributed by atoms with Gasteiger partial charge >= 0.3 is 15.5 Å². The summed E-state index contributed by atoms with van der Waals surface area (Å²) in [4.78, 5) is 45.7. The molecule has 0 aromatic carbocycles. The van der Waals surface area contributed by atoms with E-state index in [2.05, 4.69) is 40.1 Å². The van der Waals surface area contributed by atoms with E-state index in [1.54, 1.807) is 0 Å². The molecule has 0 radical (unpaired) electrons. The van der Waals surface area contributed by atoms with Crippen LogP contribution in [-0.2, 0) is 27.7 Å². The number of aliphatic hydroxyl groups excluding tert-OH is 2. The van der Waals surface area contributed by atoms with E-state index in [0.29, 0.717) is 0 Å². The molecule has 4 aromatic rings. The number of rotatable bonds is 2. The molecule has 0 amide bonds. The van der Waals surface area contributed by atoms with Gasteiger partial charge in [0.15, 0.2) is 35.4 Å². The third kappa shape index (κ3) is 5.04. The normalized spacial score (nSPS) is 38.3. The number of aliphatic hydroxyl groups is 2. The average molecular weight is 656 g/mol. The fourth-order valence-corrected chi connectivity index (χ4v) is 7.70. The van der Waals surface area contributed by atoms with Gasteiger partial charge in [-0.05, 0) is 0 Å². The van der Waals surface area contributed by atoms with E-state index >= 15 is 0 Å². The molecule has 7 rings (SSSR count). The third-order valence-electron chi connectivity index (χ3n) is 7.52. The molecule has 0 saturated carbocycles. The van der Waals surface area contributed by atoms with Crippen LogP contribution in [0.1, 0.15) is 12.5 Å². The Morgan fingerprint density at radius 2 is 1.14 bits per heavy atom. The van der Waals surface area contributed by atoms with Crippen molar-refractivity contribution in [1.29, 1.82) is 0 Å². The zero-order chi connectivity index (χ0) is 31.0. The molecule has 0 aliphatic carbocycles. The molecular formula is C20H26N12O10P2. The number of hydrogen-bond acceptors (Lipinski definition) is 16. The standard InChI is InChI=1S/C20H26N12O10P2/c21-15-11-17(25-3-23-15)31(5-27-11)19-13(33)9-7(41-19)1-39-43(35,36)30-10-8(2-40-44(37,38)29-9)42-20(14(10)34)32-6-28-12-16(22)24-4-26-18(12)32/h3-10,13-14,19-20,33-34H,1-2H2,(H2,21,23,25)(H2,22,24,26)(H2,29,37,38)(H2,30,35,36)/t7-,8-,9-,10-,13-,14-,19-,20-/m1/s1. The van der Waals surface area contributed by atoms with Crippen molar-refractivity contribution in [1.82, 2.24) is 49.2 Å². The number of nitrogens with two attached hydrogens (primary N) is 2. The maximum atomic E-state index is 13.2. The van der Waals surface area contributed by atoms with Crippen LogP contribution in [0.5, 0.6) is 0 Å². The summed E-state index contributed by atoms with van der Waals surface area (Å²) in [6, 6.07) is -2.71. The van der Waals surface area contributed by atoms with Crippen molar-refractivity contribution >= 4 is 49.5 Å². The SMILES string of the molecule is Nc1ncnc2c1ncn2[C@@H]1O[C@@H]2COP(=O)(O)N[C@H]3[C@@H](O)[C@H](n4cnc5c(N)ncnc54)O[C@@H]3COP(=O)(O)N[C@H]2[C@H]1O. The summed E-state index contributed by atoms with van der Waals surface area (Å²) in [6.45, 7) is -1.31. The van der Waals surface area contributed by atoms with Gasteiger partial charge in [0, 0.05) is 0 Å². The summed E-state index contributed by atoms with van der Waals surface area (Å²) in [6.07, 6.45) is -3.18. The van der Waals surface area contributed by atoms with E-state index in [-0.39, 0.29) is 34.0 Å². The first kappa shape index (κ1) is 29.5. The second kappa shape index (κ2) is 10.7. The molecule has 3 saturated heterocycles. The second-order valence-electron chi connectivity index (χ2n) is 10.2. The van der Waals surface area contributed by atoms with Gasteiger partial charge in [-0.2, -0.15) is 0 Å². The summed E-state index contributed by atoms with van der Waals surface area (Å²) in [5.74, 6) is 0.149. The summed E-state index contributed by atoms with van der Waals surface area (Å²) < 4.78 is 51.5. The molecule has 3 aliphatic rings. The number of fused-ring (bicyclic) bond motifs is 4. The highest BCUT2D eigenvalue weighted by Gasteiger charge is 2.52. The number of nitrogens with one attached hydrogen (secondary N) is 2. The number of nitrogens with zero attached hydrogens (tertiary/aromatic N) is 8. The van der Waals surface area contributed by atoms with E-state index in [0.717, 1.165) is 0 Å². The van der Waals surface area contributed by atoms with Crippen molar-refractivity contribution in [2.75, 3.05) is 24.7 Å². The molecular weight excluding hydrogens is 630 g/mol. The summed E-state index contributed by atoms with van der Waals surface area (Å²) in [7, 11) is -9.45. The predicted octanol–water partition coefficient (Wildman–Crippen LogP) is -2.49. The molecule has 22 nitrogen and oxygen atoms in total. The highest BCUT2D eigenvalue weighted by molar-refractivity contribution is 7.50. The Labute approximate surface area is 245 Å². The molecule has 2 unspecified atom stereocenters. The topological polar surface area (TPSA) is 315 Å². The fraction of sp³-hybridized carbons (Fsp3) is 0.500. The Morgan fingerprint density at radius 1 is 0.727 bits per heavy atom. The summed E-state index contributed by atoms with van der Waals surface area (Å²) in [5.41, 5.74) is 12.5. The molecule has 0 spiro atoms. The molecule has 0 bridgehead atoms. The first-order valence-electron chi connectivity index (χ1n) is 13.0. The summed E-state index contributed by atoms with van der Waals surface area (Å²) in [5, 5.41) is 27.1. The van der Waals surface area contributed by atoms with Crippen LogP contribution in [0.3, 0.4) is 0 Å². The van der Waals surface area contributed by atoms with Crippen LogP contribution in [0.25, 0.3) is 22.3 Å². The van der Waals surface area contributed by atoms with Crippen molar-refractivity contribution in [3.63, 3.8) is 0 Å². The minimum atomic E-state index is -4.73. The highest BCUT2D eigenvalue weighted by Crippen LogP contribution is 2.47. The maximum absolute atomic E-state index is 13.2. The van der Waals surface area contributed by atoms with Gasteiger partial charge in [0.2, 0.25) is 0 Å². The molecule has 10 atom stereocenters. The first-order valence-corrected chi connectivity index (χ1v) is 16.1. The first-order chi connectivity index (χ1) is 20.9. The van der Waals surface area contributed by atoms with Crippen molar-refractivity contribution in [2.24, 2.45) is 0 Å². The lowest BCUT2D eigenvalue weighted by Gasteiger charge is -2.29. The van der Waals surface area contributed by atoms with E-state index in [1.165, 1.54) is 34.4 Å². The lowest BCUT2D eigenvalue weighted by molar-refractivity contribution is -0.0483. The van der Waals surface area contributed by atoms with Crippen molar-refractivity contribution in [3.8, 4) is 0 Å². The van der Waals surface area contributed by atoms with E-state index in [1.807, 2.05) is 0 Å². The highest BCUT2D eigenvalue weighted by atomic mass is 31.2. The molecule has 3 fully saturated rings. The van der Waals surface area contributed by atoms with Crippen LogP contribution >= 0.6 is 15.5 Å². The average Bonchev–Trinajstić information content (AvgIpc) is 3.73. The lowest BCUT2D eigenvalue weighted by Crippen LogP contribution is -2.48. The van der Waals surface area contributed by atoms with Gasteiger partial charge < -0.3 is 40.9 Å². The fourth-order valence-electron chi connectivity index (χ4n) is 5.46. The van der Waals surface area contributed by atoms with Gasteiger partial charge in [-0.3, -0.25) is 18.2 Å². The van der Waals surface area contributed by atoms with Crippen LogP contribution < -0.4 is 21.6 Å². The van der Waals surface area contributed by atoms with Gasteiger partial charge in [-0.25, -0.2) is 49.2 Å². The zero-order valence-electron chi connectivity index (χ0n) is 22.2. The Morgan fingerprint density at radius 3 is 1.55 bits per heavy atom. The number of aromatic nitrogens is 8. The molecule has 24 heteroatoms. The smallest absolute Gasteiger partial charge is 0.387 e. The number of anilines is 2. The van der Waals surface area contributed by atoms with Crippen LogP contribution in [0, 0.1) is 0 Å². The van der Waals surface area contributed by atoms with Gasteiger partial charge in [-0.1, -0.05) is 0 Å². The zero-order valence-corrected chi connectivity index (χ0v) is 24.0. The lowest BCUT2D eigenvalue weighted by atomic mass is 10.1. The van der Waals surface area contributed by atoms with Crippen LogP contribution in [-0.4, -0.2) is 109 Å². The number of ether oxygens (including phenoxy) is 2. The third-order valence-corrected chi connectivity index (χ3v) is 9.77. The number of imidazole rings is 2. The van der Waals surface area contributed by atoms with Gasteiger partial charge in [0.05, 0.1) is 38.0 Å². The number of nitrogen functional groups attached to an aromatic ring is 2. The summed E-state index contributed by atoms with van der Waals surface area (Å²) >= 11 is 0. The van der Waals surface area contributed by atoms with Crippen LogP contribution in [0.15, 0.2) is 25.3 Å². The molecule has 10 N–H and O–H groups in total. The molecule has 44 heavy (non-hydrogen) atoms. The minimum absolute atomic E-state index is 0.0746. The Bertz CT molecular complexity index is 1690. The van der Waals surface area contributed by atoms with Crippen LogP contribution in [0.4, 0.5) is 11.6 Å². The Hall–Kier alpha value is -3.24. The van der Waals surface area contributed by atoms with E-state index in [9.17, 15) is 29.1 Å². The van der Waals surface area contributed by atoms with E-state index in [4.69, 9.17) is 30.0 Å². The minimum Gasteiger partial charge on any atom is -0.387 e. The van der Waals surface area contributed by atoms with Gasteiger partial charge in [-0.15, -0.1) is 0 Å². The monoisotopic (exact) mass is 656 g/mol. The van der Waals surface area contributed by atoms with Gasteiger partial charge in [0.25, 0.3) is 0 Å². The quantitative estimate of drug-likeness (QED) is 0.103. The maximum Gasteiger partial charge on any atom is 0.403 e. The Kier molecular flexibility index (Phi) is 7.16.